The number of amides is 1. The van der Waals surface area contributed by atoms with E-state index in [4.69, 9.17) is 4.74 Å². The molecule has 1 atom stereocenters. The maximum absolute atomic E-state index is 13.1. The average molecular weight is 373 g/mol. The summed E-state index contributed by atoms with van der Waals surface area (Å²) < 4.78 is 19.2. The molecule has 6 heteroatoms. The van der Waals surface area contributed by atoms with E-state index in [-0.39, 0.29) is 18.0 Å². The van der Waals surface area contributed by atoms with Gasteiger partial charge in [-0.05, 0) is 44.9 Å². The van der Waals surface area contributed by atoms with Crippen LogP contribution in [0, 0.1) is 5.82 Å². The fraction of sp³-hybridized carbons (Fsp3) is 0.562. The lowest BCUT2D eigenvalue weighted by Gasteiger charge is -2.24. The Labute approximate surface area is 139 Å². The van der Waals surface area contributed by atoms with Crippen LogP contribution < -0.4 is 5.32 Å². The molecule has 0 bridgehead atoms. The maximum Gasteiger partial charge on any atom is 0.410 e. The lowest BCUT2D eigenvalue weighted by Crippen LogP contribution is -2.38. The zero-order valence-corrected chi connectivity index (χ0v) is 14.7. The highest BCUT2D eigenvalue weighted by Crippen LogP contribution is 2.19. The molecule has 22 heavy (non-hydrogen) atoms. The van der Waals surface area contributed by atoms with Gasteiger partial charge in [0.2, 0.25) is 0 Å². The van der Waals surface area contributed by atoms with Gasteiger partial charge >= 0.3 is 6.09 Å². The van der Waals surface area contributed by atoms with Crippen LogP contribution in [0.4, 0.5) is 9.18 Å². The normalized spacial score (nSPS) is 18.6. The van der Waals surface area contributed by atoms with Gasteiger partial charge in [-0.1, -0.05) is 22.0 Å². The number of hydrogen-bond donors (Lipinski definition) is 1. The van der Waals surface area contributed by atoms with Crippen molar-refractivity contribution in [1.82, 2.24) is 10.2 Å². The quantitative estimate of drug-likeness (QED) is 0.879. The summed E-state index contributed by atoms with van der Waals surface area (Å²) in [6.45, 7) is 7.55. The van der Waals surface area contributed by atoms with Gasteiger partial charge in [-0.3, -0.25) is 0 Å². The Kier molecular flexibility index (Phi) is 5.45. The molecule has 1 heterocycles. The van der Waals surface area contributed by atoms with Crippen molar-refractivity contribution < 1.29 is 13.9 Å². The van der Waals surface area contributed by atoms with E-state index in [9.17, 15) is 9.18 Å². The predicted octanol–water partition coefficient (Wildman–Crippen LogP) is 3.69. The van der Waals surface area contributed by atoms with Crippen molar-refractivity contribution in [3.8, 4) is 0 Å². The van der Waals surface area contributed by atoms with Gasteiger partial charge in [-0.15, -0.1) is 0 Å². The Balaban J connectivity index is 1.82. The van der Waals surface area contributed by atoms with Crippen LogP contribution in [0.5, 0.6) is 0 Å². The summed E-state index contributed by atoms with van der Waals surface area (Å²) in [5.74, 6) is -0.257. The molecule has 4 nitrogen and oxygen atoms in total. The van der Waals surface area contributed by atoms with Gasteiger partial charge in [0.25, 0.3) is 0 Å². The van der Waals surface area contributed by atoms with Gasteiger partial charge in [0.15, 0.2) is 0 Å². The van der Waals surface area contributed by atoms with E-state index in [0.29, 0.717) is 19.6 Å². The van der Waals surface area contributed by atoms with E-state index < -0.39 is 5.60 Å². The van der Waals surface area contributed by atoms with Crippen molar-refractivity contribution in [2.24, 2.45) is 0 Å². The molecule has 1 unspecified atom stereocenters. The van der Waals surface area contributed by atoms with Gasteiger partial charge in [-0.25, -0.2) is 9.18 Å². The van der Waals surface area contributed by atoms with Crippen molar-refractivity contribution in [3.63, 3.8) is 0 Å². The van der Waals surface area contributed by atoms with E-state index in [2.05, 4.69) is 21.2 Å². The fourth-order valence-corrected chi connectivity index (χ4v) is 2.83. The minimum absolute atomic E-state index is 0.226. The number of likely N-dealkylation sites (tertiary alicyclic amines) is 1. The zero-order chi connectivity index (χ0) is 16.3. The van der Waals surface area contributed by atoms with Crippen molar-refractivity contribution in [3.05, 3.63) is 34.1 Å². The van der Waals surface area contributed by atoms with E-state index >= 15 is 0 Å². The number of rotatable bonds is 3. The molecule has 2 rings (SSSR count). The standard InChI is InChI=1S/C16H22BrFN2O2/c1-16(2,3)22-15(21)20-7-6-13(10-20)19-9-11-4-5-12(18)8-14(11)17/h4-5,8,13,19H,6-7,9-10H2,1-3H3. The molecule has 1 saturated heterocycles. The Morgan fingerprint density at radius 1 is 1.50 bits per heavy atom. The molecular weight excluding hydrogens is 351 g/mol. The van der Waals surface area contributed by atoms with Crippen LogP contribution in [-0.2, 0) is 11.3 Å². The maximum atomic E-state index is 13.1. The third-order valence-corrected chi connectivity index (χ3v) is 4.17. The summed E-state index contributed by atoms with van der Waals surface area (Å²) in [6, 6.07) is 4.89. The molecule has 1 aliphatic rings. The number of halogens is 2. The first kappa shape index (κ1) is 17.2. The van der Waals surface area contributed by atoms with Crippen LogP contribution in [0.3, 0.4) is 0 Å². The Hall–Kier alpha value is -1.14. The van der Waals surface area contributed by atoms with Gasteiger partial charge in [0.1, 0.15) is 11.4 Å². The molecule has 0 saturated carbocycles. The van der Waals surface area contributed by atoms with Gasteiger partial charge in [0, 0.05) is 30.1 Å². The highest BCUT2D eigenvalue weighted by Gasteiger charge is 2.29. The number of hydrogen-bond acceptors (Lipinski definition) is 3. The number of carbonyl (C=O) groups excluding carboxylic acids is 1. The summed E-state index contributed by atoms with van der Waals surface area (Å²) in [7, 11) is 0. The van der Waals surface area contributed by atoms with Crippen LogP contribution >= 0.6 is 15.9 Å². The molecule has 0 radical (unpaired) electrons. The second kappa shape index (κ2) is 6.96. The first-order chi connectivity index (χ1) is 10.2. The lowest BCUT2D eigenvalue weighted by atomic mass is 10.2. The molecule has 122 valence electrons. The molecule has 1 N–H and O–H groups in total. The zero-order valence-electron chi connectivity index (χ0n) is 13.2. The first-order valence-corrected chi connectivity index (χ1v) is 8.19. The summed E-state index contributed by atoms with van der Waals surface area (Å²) in [6.07, 6.45) is 0.623. The Morgan fingerprint density at radius 3 is 2.86 bits per heavy atom. The smallest absolute Gasteiger partial charge is 0.410 e. The topological polar surface area (TPSA) is 41.6 Å². The molecule has 1 aromatic carbocycles. The van der Waals surface area contributed by atoms with Crippen LogP contribution in [0.15, 0.2) is 22.7 Å². The van der Waals surface area contributed by atoms with Crippen LogP contribution in [0.1, 0.15) is 32.8 Å². The summed E-state index contributed by atoms with van der Waals surface area (Å²) in [5, 5.41) is 3.40. The minimum atomic E-state index is -0.471. The van der Waals surface area contributed by atoms with Crippen molar-refractivity contribution in [2.75, 3.05) is 13.1 Å². The van der Waals surface area contributed by atoms with Gasteiger partial charge < -0.3 is 15.0 Å². The van der Waals surface area contributed by atoms with Crippen molar-refractivity contribution >= 4 is 22.0 Å². The molecule has 0 aromatic heterocycles. The third-order valence-electron chi connectivity index (χ3n) is 3.44. The summed E-state index contributed by atoms with van der Waals surface area (Å²) >= 11 is 3.36. The molecule has 0 aliphatic carbocycles. The second-order valence-corrected chi connectivity index (χ2v) is 7.38. The number of ether oxygens (including phenoxy) is 1. The largest absolute Gasteiger partial charge is 0.444 e. The number of nitrogens with one attached hydrogen (secondary N) is 1. The summed E-state index contributed by atoms with van der Waals surface area (Å²) in [4.78, 5) is 13.7. The Bertz CT molecular complexity index is 545. The third kappa shape index (κ3) is 4.95. The van der Waals surface area contributed by atoms with Gasteiger partial charge in [0.05, 0.1) is 0 Å². The van der Waals surface area contributed by atoms with E-state index in [1.807, 2.05) is 20.8 Å². The molecule has 1 amide bonds. The monoisotopic (exact) mass is 372 g/mol. The molecule has 1 fully saturated rings. The van der Waals surface area contributed by atoms with Crippen molar-refractivity contribution in [1.29, 1.82) is 0 Å². The van der Waals surface area contributed by atoms with Crippen LogP contribution in [0.25, 0.3) is 0 Å². The summed E-state index contributed by atoms with van der Waals surface area (Å²) in [5.41, 5.74) is 0.527. The lowest BCUT2D eigenvalue weighted by molar-refractivity contribution is 0.0291. The fourth-order valence-electron chi connectivity index (χ4n) is 2.34. The van der Waals surface area contributed by atoms with E-state index in [1.54, 1.807) is 11.0 Å². The number of carbonyl (C=O) groups is 1. The first-order valence-electron chi connectivity index (χ1n) is 7.40. The molecule has 1 aromatic rings. The van der Waals surface area contributed by atoms with Crippen LogP contribution in [-0.4, -0.2) is 35.7 Å². The minimum Gasteiger partial charge on any atom is -0.444 e. The highest BCUT2D eigenvalue weighted by atomic mass is 79.9. The molecular formula is C16H22BrFN2O2. The van der Waals surface area contributed by atoms with Gasteiger partial charge in [-0.2, -0.15) is 0 Å². The van der Waals surface area contributed by atoms with Crippen molar-refractivity contribution in [2.45, 2.75) is 45.4 Å². The van der Waals surface area contributed by atoms with E-state index in [0.717, 1.165) is 16.5 Å². The van der Waals surface area contributed by atoms with E-state index in [1.165, 1.54) is 12.1 Å². The Morgan fingerprint density at radius 2 is 2.23 bits per heavy atom. The second-order valence-electron chi connectivity index (χ2n) is 6.53. The molecule has 1 aliphatic heterocycles. The molecule has 0 spiro atoms. The number of nitrogens with zero attached hydrogens (tertiary/aromatic N) is 1. The average Bonchev–Trinajstić information content (AvgIpc) is 2.84. The number of benzene rings is 1. The highest BCUT2D eigenvalue weighted by molar-refractivity contribution is 9.10. The van der Waals surface area contributed by atoms with Crippen LogP contribution in [0.2, 0.25) is 0 Å². The SMILES string of the molecule is CC(C)(C)OC(=O)N1CCC(NCc2ccc(F)cc2Br)C1. The predicted molar refractivity (Wildman–Crippen MR) is 87.2 cm³/mol.